The van der Waals surface area contributed by atoms with Gasteiger partial charge < -0.3 is 40.8 Å². The third-order valence-electron chi connectivity index (χ3n) is 16.8. The zero-order valence-electron chi connectivity index (χ0n) is 51.3. The molecule has 21 nitrogen and oxygen atoms in total. The number of nitrogens with one attached hydrogen (secondary N) is 5. The summed E-state index contributed by atoms with van der Waals surface area (Å²) in [6.45, 7) is 9.08. The van der Waals surface area contributed by atoms with Crippen LogP contribution in [0.4, 0.5) is 11.4 Å². The number of aromatic nitrogens is 9. The van der Waals surface area contributed by atoms with Crippen molar-refractivity contribution in [3.05, 3.63) is 181 Å². The van der Waals surface area contributed by atoms with Crippen molar-refractivity contribution in [2.45, 2.75) is 122 Å². The number of carbonyl (C=O) groups is 4. The van der Waals surface area contributed by atoms with E-state index in [-0.39, 0.29) is 41.8 Å². The highest BCUT2D eigenvalue weighted by Crippen LogP contribution is 2.33. The first-order valence-corrected chi connectivity index (χ1v) is 31.5. The van der Waals surface area contributed by atoms with E-state index in [9.17, 15) is 19.2 Å². The first-order valence-electron chi connectivity index (χ1n) is 31.5. The smallest absolute Gasteiger partial charge is 0.251 e. The van der Waals surface area contributed by atoms with E-state index >= 15 is 0 Å². The highest BCUT2D eigenvalue weighted by atomic mass is 16.5. The number of nitrogens with zero attached hydrogens (tertiary/aromatic N) is 9. The van der Waals surface area contributed by atoms with E-state index in [0.29, 0.717) is 52.9 Å². The van der Waals surface area contributed by atoms with Crippen molar-refractivity contribution < 1.29 is 33.4 Å². The van der Waals surface area contributed by atoms with Gasteiger partial charge >= 0.3 is 0 Å². The molecule has 6 aliphatic rings. The molecule has 9 aromatic rings. The number of hydrogen-bond acceptors (Lipinski definition) is 14. The van der Waals surface area contributed by atoms with Crippen molar-refractivity contribution in [3.8, 4) is 56.2 Å². The van der Waals surface area contributed by atoms with Crippen LogP contribution in [0.1, 0.15) is 118 Å². The Hall–Kier alpha value is -9.86. The number of hydrogen-bond donors (Lipinski definition) is 5. The van der Waals surface area contributed by atoms with Gasteiger partial charge in [0.2, 0.25) is 5.91 Å². The third kappa shape index (κ3) is 15.6. The summed E-state index contributed by atoms with van der Waals surface area (Å²) in [5.74, 6) is 0.829. The third-order valence-corrected chi connectivity index (χ3v) is 16.8. The van der Waals surface area contributed by atoms with Gasteiger partial charge in [-0.1, -0.05) is 18.2 Å². The fourth-order valence-corrected chi connectivity index (χ4v) is 10.8. The predicted molar refractivity (Wildman–Crippen MR) is 345 cm³/mol. The normalized spacial score (nSPS) is 17.4. The molecule has 0 spiro atoms. The lowest BCUT2D eigenvalue weighted by Gasteiger charge is -2.12. The Balaban J connectivity index is 0.000000125. The maximum absolute atomic E-state index is 12.5. The number of pyridine rings is 3. The van der Waals surface area contributed by atoms with Gasteiger partial charge in [0.25, 0.3) is 17.7 Å². The summed E-state index contributed by atoms with van der Waals surface area (Å²) in [5.41, 5.74) is 15.1. The Morgan fingerprint density at radius 1 is 0.505 bits per heavy atom. The van der Waals surface area contributed by atoms with E-state index in [4.69, 9.17) is 14.2 Å². The Kier molecular flexibility index (Phi) is 17.9. The molecule has 466 valence electrons. The zero-order chi connectivity index (χ0) is 62.4. The number of anilines is 2. The fraction of sp³-hybridized carbons (Fsp3) is 0.343. The average Bonchev–Trinajstić information content (AvgIpc) is 1.93. The van der Waals surface area contributed by atoms with Gasteiger partial charge in [-0.25, -0.2) is 14.0 Å². The molecular formula is C70H74N14O7. The van der Waals surface area contributed by atoms with Gasteiger partial charge in [-0.05, 0) is 167 Å². The van der Waals surface area contributed by atoms with Gasteiger partial charge in [0.15, 0.2) is 0 Å². The van der Waals surface area contributed by atoms with Crippen LogP contribution in [0.2, 0.25) is 0 Å². The van der Waals surface area contributed by atoms with E-state index in [2.05, 4.69) is 56.8 Å². The van der Waals surface area contributed by atoms with Crippen LogP contribution in [0.3, 0.4) is 0 Å². The summed E-state index contributed by atoms with van der Waals surface area (Å²) in [5, 5.41) is 29.0. The molecule has 4 saturated carbocycles. The summed E-state index contributed by atoms with van der Waals surface area (Å²) in [6.07, 6.45) is 33.5. The maximum atomic E-state index is 12.5. The van der Waals surface area contributed by atoms with Crippen LogP contribution in [-0.4, -0.2) is 125 Å². The molecule has 4 aliphatic carbocycles. The zero-order valence-corrected chi connectivity index (χ0v) is 51.3. The largest absolute Gasteiger partial charge is 0.486 e. The summed E-state index contributed by atoms with van der Waals surface area (Å²) in [6, 6.07) is 24.2. The van der Waals surface area contributed by atoms with E-state index in [1.807, 2.05) is 135 Å². The first-order chi connectivity index (χ1) is 44.4. The first kappa shape index (κ1) is 60.1. The van der Waals surface area contributed by atoms with Crippen molar-refractivity contribution in [3.63, 3.8) is 0 Å². The molecule has 0 bridgehead atoms. The molecule has 0 radical (unpaired) electrons. The fourth-order valence-electron chi connectivity index (χ4n) is 10.8. The van der Waals surface area contributed by atoms with Gasteiger partial charge in [0, 0.05) is 102 Å². The van der Waals surface area contributed by atoms with Crippen molar-refractivity contribution in [2.75, 3.05) is 37.0 Å². The summed E-state index contributed by atoms with van der Waals surface area (Å²) < 4.78 is 22.3. The second-order valence-electron chi connectivity index (χ2n) is 24.5. The number of amides is 4. The Morgan fingerprint density at radius 2 is 0.967 bits per heavy atom. The lowest BCUT2D eigenvalue weighted by Crippen LogP contribution is -2.25. The number of carbonyl (C=O) groups excluding carboxylic acids is 4. The molecular weight excluding hydrogens is 1150 g/mol. The molecule has 2 unspecified atom stereocenters. The molecule has 8 heterocycles. The highest BCUT2D eigenvalue weighted by molar-refractivity contribution is 5.98. The maximum Gasteiger partial charge on any atom is 0.251 e. The molecule has 3 aromatic carbocycles. The average molecular weight is 1220 g/mol. The Bertz CT molecular complexity index is 4110. The molecule has 2 aliphatic heterocycles. The van der Waals surface area contributed by atoms with Crippen molar-refractivity contribution >= 4 is 35.0 Å². The number of rotatable bonds is 19. The predicted octanol–water partition coefficient (Wildman–Crippen LogP) is 10.5. The van der Waals surface area contributed by atoms with Gasteiger partial charge in [-0.2, -0.15) is 15.3 Å². The quantitative estimate of drug-likeness (QED) is 0.0505. The van der Waals surface area contributed by atoms with Crippen LogP contribution in [0, 0.1) is 26.7 Å². The standard InChI is InChI=1S/C24H27N5O2.C23H23N5O2.C23H24N4O3/c1-16-4-5-17(24(30)28-19-6-7-19)9-23(16)18-11-27-29(15-18)21-10-20(12-25-13-21)26-14-22-3-2-8-31-22;1-14-2-3-16(23(30)26-18-6-7-18)8-21(14)17-10-25-28(13-17)20-9-19(11-24-12-20)27-22(29)15-4-5-15;1-15-2-3-16(23(28)26-18-4-5-18)8-22(15)17-10-25-27(13-17)19-9-21(12-24-11-19)30-20-6-7-29-14-20/h4-5,9-13,15,19,22,26H,2-3,6-8,14H2,1H3,(H,28,30);2-3,8-13,15,18H,4-7H2,1H3,(H,26,30)(H,27,29);2-3,8-13,18,20H,4-7,14H2,1H3,(H,26,28). The molecule has 91 heavy (non-hydrogen) atoms. The van der Waals surface area contributed by atoms with E-state index in [1.54, 1.807) is 46.5 Å². The van der Waals surface area contributed by atoms with E-state index < -0.39 is 0 Å². The number of benzene rings is 3. The molecule has 2 atom stereocenters. The van der Waals surface area contributed by atoms with Crippen LogP contribution in [0.15, 0.2) is 147 Å². The van der Waals surface area contributed by atoms with Gasteiger partial charge in [0.05, 0.1) is 104 Å². The minimum atomic E-state index is -0.0329. The second-order valence-corrected chi connectivity index (χ2v) is 24.5. The lowest BCUT2D eigenvalue weighted by atomic mass is 10.0. The topological polar surface area (TPSA) is 248 Å². The van der Waals surface area contributed by atoms with Crippen molar-refractivity contribution in [1.29, 1.82) is 0 Å². The monoisotopic (exact) mass is 1220 g/mol. The van der Waals surface area contributed by atoms with Gasteiger partial charge in [0.1, 0.15) is 11.9 Å². The molecule has 2 saturated heterocycles. The van der Waals surface area contributed by atoms with Gasteiger partial charge in [-0.3, -0.25) is 34.1 Å². The summed E-state index contributed by atoms with van der Waals surface area (Å²) in [7, 11) is 0. The number of ether oxygens (including phenoxy) is 3. The second kappa shape index (κ2) is 27.1. The van der Waals surface area contributed by atoms with Crippen LogP contribution in [-0.2, 0) is 14.3 Å². The van der Waals surface area contributed by atoms with Crippen LogP contribution in [0.25, 0.3) is 50.4 Å². The molecule has 6 fully saturated rings. The Labute approximate surface area is 527 Å². The number of aryl methyl sites for hydroxylation is 3. The van der Waals surface area contributed by atoms with Gasteiger partial charge in [-0.15, -0.1) is 0 Å². The van der Waals surface area contributed by atoms with E-state index in [1.165, 1.54) is 0 Å². The minimum absolute atomic E-state index is 0.00893. The summed E-state index contributed by atoms with van der Waals surface area (Å²) in [4.78, 5) is 62.2. The molecule has 4 amide bonds. The molecule has 6 aromatic heterocycles. The van der Waals surface area contributed by atoms with E-state index in [0.717, 1.165) is 163 Å². The molecule has 21 heteroatoms. The van der Waals surface area contributed by atoms with Crippen LogP contribution >= 0.6 is 0 Å². The minimum Gasteiger partial charge on any atom is -0.486 e. The lowest BCUT2D eigenvalue weighted by molar-refractivity contribution is -0.117. The molecule has 15 rings (SSSR count). The van der Waals surface area contributed by atoms with Crippen LogP contribution < -0.4 is 31.3 Å². The molecule has 5 N–H and O–H groups in total. The van der Waals surface area contributed by atoms with Crippen LogP contribution in [0.5, 0.6) is 5.75 Å². The highest BCUT2D eigenvalue weighted by Gasteiger charge is 2.30. The summed E-state index contributed by atoms with van der Waals surface area (Å²) >= 11 is 0. The van der Waals surface area contributed by atoms with Crippen molar-refractivity contribution in [2.24, 2.45) is 5.92 Å². The van der Waals surface area contributed by atoms with Crippen molar-refractivity contribution in [1.82, 2.24) is 60.2 Å². The Morgan fingerprint density at radius 3 is 1.41 bits per heavy atom. The SMILES string of the molecule is Cc1ccc(C(=O)NC2CC2)cc1-c1cnn(-c2cncc(NC(=O)C3CC3)c2)c1.Cc1ccc(C(=O)NC2CC2)cc1-c1cnn(-c2cncc(NCC3CCCO3)c2)c1.Cc1ccc(C(=O)NC2CC2)cc1-c1cnn(-c2cncc(OC3CCOC3)c2)c1.